The lowest BCUT2D eigenvalue weighted by molar-refractivity contribution is 0.426. The van der Waals surface area contributed by atoms with Crippen molar-refractivity contribution in [3.8, 4) is 27.9 Å². The third-order valence-electron chi connectivity index (χ3n) is 6.45. The van der Waals surface area contributed by atoms with Crippen LogP contribution < -0.4 is 5.46 Å². The topological polar surface area (TPSA) is 45.4 Å². The van der Waals surface area contributed by atoms with Gasteiger partial charge in [-0.15, -0.1) is 0 Å². The second-order valence-electron chi connectivity index (χ2n) is 8.49. The molecule has 1 aromatic heterocycles. The van der Waals surface area contributed by atoms with Gasteiger partial charge in [0.1, 0.15) is 0 Å². The van der Waals surface area contributed by atoms with Crippen LogP contribution in [0.1, 0.15) is 0 Å². The van der Waals surface area contributed by atoms with Crippen LogP contribution in [0.15, 0.2) is 121 Å². The van der Waals surface area contributed by atoms with E-state index in [2.05, 4.69) is 95.6 Å². The average Bonchev–Trinajstić information content (AvgIpc) is 3.23. The van der Waals surface area contributed by atoms with Gasteiger partial charge < -0.3 is 14.6 Å². The van der Waals surface area contributed by atoms with Crippen LogP contribution in [0.2, 0.25) is 0 Å². The summed E-state index contributed by atoms with van der Waals surface area (Å²) in [5, 5.41) is 21.1. The minimum absolute atomic E-state index is 0.489. The first-order chi connectivity index (χ1) is 16.7. The Labute approximate surface area is 198 Å². The average molecular weight is 439 g/mol. The van der Waals surface area contributed by atoms with Gasteiger partial charge in [0.05, 0.1) is 11.0 Å². The van der Waals surface area contributed by atoms with E-state index in [-0.39, 0.29) is 0 Å². The molecule has 0 spiro atoms. The van der Waals surface area contributed by atoms with E-state index < -0.39 is 7.12 Å². The van der Waals surface area contributed by atoms with Gasteiger partial charge >= 0.3 is 7.12 Å². The van der Waals surface area contributed by atoms with Gasteiger partial charge in [-0.2, -0.15) is 0 Å². The molecule has 0 saturated carbocycles. The SMILES string of the molecule is OB(O)c1ccc(-c2ccc(-c3ccc4c(c3)c3ccccc3n4-c3ccccc3)cc2)cc1. The largest absolute Gasteiger partial charge is 0.488 e. The Bertz CT molecular complexity index is 1600. The lowest BCUT2D eigenvalue weighted by atomic mass is 9.80. The van der Waals surface area contributed by atoms with Crippen molar-refractivity contribution >= 4 is 34.4 Å². The third kappa shape index (κ3) is 3.50. The zero-order valence-electron chi connectivity index (χ0n) is 18.5. The van der Waals surface area contributed by atoms with Gasteiger partial charge in [0, 0.05) is 16.5 Å². The minimum Gasteiger partial charge on any atom is -0.423 e. The third-order valence-corrected chi connectivity index (χ3v) is 6.45. The maximum absolute atomic E-state index is 9.31. The normalized spacial score (nSPS) is 11.2. The van der Waals surface area contributed by atoms with Crippen molar-refractivity contribution < 1.29 is 10.0 Å². The van der Waals surface area contributed by atoms with Crippen LogP contribution in [0.5, 0.6) is 0 Å². The Morgan fingerprint density at radius 2 is 1.00 bits per heavy atom. The summed E-state index contributed by atoms with van der Waals surface area (Å²) in [4.78, 5) is 0. The van der Waals surface area contributed by atoms with Crippen LogP contribution in [0.3, 0.4) is 0 Å². The van der Waals surface area contributed by atoms with E-state index in [0.29, 0.717) is 5.46 Å². The molecular formula is C30H22BNO2. The van der Waals surface area contributed by atoms with E-state index in [1.54, 1.807) is 12.1 Å². The summed E-state index contributed by atoms with van der Waals surface area (Å²) in [6.07, 6.45) is 0. The molecule has 3 nitrogen and oxygen atoms in total. The molecule has 6 rings (SSSR count). The molecule has 0 aliphatic heterocycles. The first-order valence-corrected chi connectivity index (χ1v) is 11.3. The summed E-state index contributed by atoms with van der Waals surface area (Å²) in [6, 6.07) is 41.5. The van der Waals surface area contributed by atoms with Gasteiger partial charge in [0.25, 0.3) is 0 Å². The van der Waals surface area contributed by atoms with Crippen LogP contribution >= 0.6 is 0 Å². The maximum Gasteiger partial charge on any atom is 0.488 e. The van der Waals surface area contributed by atoms with E-state index in [1.165, 1.54) is 27.4 Å². The Morgan fingerprint density at radius 3 is 1.68 bits per heavy atom. The summed E-state index contributed by atoms with van der Waals surface area (Å²) in [5.74, 6) is 0. The highest BCUT2D eigenvalue weighted by molar-refractivity contribution is 6.58. The Hall–Kier alpha value is -4.12. The molecule has 0 amide bonds. The summed E-state index contributed by atoms with van der Waals surface area (Å²) in [6.45, 7) is 0. The Balaban J connectivity index is 1.42. The van der Waals surface area contributed by atoms with Gasteiger partial charge in [-0.3, -0.25) is 0 Å². The molecule has 5 aromatic carbocycles. The fraction of sp³-hybridized carbons (Fsp3) is 0. The predicted molar refractivity (Wildman–Crippen MR) is 141 cm³/mol. The van der Waals surface area contributed by atoms with Crippen molar-refractivity contribution in [2.45, 2.75) is 0 Å². The lowest BCUT2D eigenvalue weighted by Gasteiger charge is -2.09. The second-order valence-corrected chi connectivity index (χ2v) is 8.49. The number of para-hydroxylation sites is 2. The number of rotatable bonds is 4. The Kier molecular flexibility index (Phi) is 5.03. The van der Waals surface area contributed by atoms with Crippen molar-refractivity contribution in [2.75, 3.05) is 0 Å². The molecule has 4 heteroatoms. The molecule has 0 unspecified atom stereocenters. The van der Waals surface area contributed by atoms with Crippen molar-refractivity contribution in [3.05, 3.63) is 121 Å². The molecule has 0 aliphatic rings. The summed E-state index contributed by atoms with van der Waals surface area (Å²) >= 11 is 0. The summed E-state index contributed by atoms with van der Waals surface area (Å²) in [7, 11) is -1.45. The van der Waals surface area contributed by atoms with E-state index in [0.717, 1.165) is 22.4 Å². The number of hydrogen-bond donors (Lipinski definition) is 2. The van der Waals surface area contributed by atoms with Crippen LogP contribution in [-0.4, -0.2) is 21.7 Å². The van der Waals surface area contributed by atoms with Gasteiger partial charge in [0.15, 0.2) is 0 Å². The molecule has 0 atom stereocenters. The number of benzene rings is 5. The zero-order valence-corrected chi connectivity index (χ0v) is 18.5. The highest BCUT2D eigenvalue weighted by Crippen LogP contribution is 2.35. The standard InChI is InChI=1S/C30H22BNO2/c33-31(34)25-17-14-22(15-18-25)21-10-12-23(13-11-21)24-16-19-30-28(20-24)27-8-4-5-9-29(27)32(30)26-6-2-1-3-7-26/h1-20,33-34H. The molecule has 162 valence electrons. The fourth-order valence-electron chi connectivity index (χ4n) is 4.71. The van der Waals surface area contributed by atoms with Crippen molar-refractivity contribution in [1.82, 2.24) is 4.57 Å². The van der Waals surface area contributed by atoms with Crippen molar-refractivity contribution in [1.29, 1.82) is 0 Å². The van der Waals surface area contributed by atoms with Gasteiger partial charge in [-0.1, -0.05) is 91.0 Å². The van der Waals surface area contributed by atoms with Crippen molar-refractivity contribution in [2.24, 2.45) is 0 Å². The summed E-state index contributed by atoms with van der Waals surface area (Å²) < 4.78 is 2.32. The van der Waals surface area contributed by atoms with E-state index in [9.17, 15) is 10.0 Å². The van der Waals surface area contributed by atoms with Gasteiger partial charge in [0.2, 0.25) is 0 Å². The highest BCUT2D eigenvalue weighted by atomic mass is 16.4. The molecule has 0 aliphatic carbocycles. The molecule has 1 heterocycles. The van der Waals surface area contributed by atoms with E-state index >= 15 is 0 Å². The quantitative estimate of drug-likeness (QED) is 0.341. The molecule has 0 saturated heterocycles. The molecule has 6 aromatic rings. The fourth-order valence-corrected chi connectivity index (χ4v) is 4.71. The van der Waals surface area contributed by atoms with Crippen LogP contribution in [-0.2, 0) is 0 Å². The highest BCUT2D eigenvalue weighted by Gasteiger charge is 2.13. The van der Waals surface area contributed by atoms with Crippen molar-refractivity contribution in [3.63, 3.8) is 0 Å². The van der Waals surface area contributed by atoms with E-state index in [4.69, 9.17) is 0 Å². The number of hydrogen-bond acceptors (Lipinski definition) is 2. The predicted octanol–water partition coefficient (Wildman–Crippen LogP) is 5.80. The minimum atomic E-state index is -1.45. The molecule has 0 radical (unpaired) electrons. The number of aromatic nitrogens is 1. The summed E-state index contributed by atoms with van der Waals surface area (Å²) in [5.41, 5.74) is 8.50. The Morgan fingerprint density at radius 1 is 0.471 bits per heavy atom. The molecule has 34 heavy (non-hydrogen) atoms. The van der Waals surface area contributed by atoms with Crippen LogP contribution in [0, 0.1) is 0 Å². The molecule has 2 N–H and O–H groups in total. The van der Waals surface area contributed by atoms with Crippen LogP contribution in [0.4, 0.5) is 0 Å². The number of nitrogens with zero attached hydrogens (tertiary/aromatic N) is 1. The van der Waals surface area contributed by atoms with Crippen LogP contribution in [0.25, 0.3) is 49.7 Å². The smallest absolute Gasteiger partial charge is 0.423 e. The van der Waals surface area contributed by atoms with Gasteiger partial charge in [-0.05, 0) is 58.0 Å². The molecule has 0 bridgehead atoms. The molecule has 0 fully saturated rings. The molecular weight excluding hydrogens is 417 g/mol. The number of fused-ring (bicyclic) bond motifs is 3. The first-order valence-electron chi connectivity index (χ1n) is 11.3. The lowest BCUT2D eigenvalue weighted by Crippen LogP contribution is -2.29. The first kappa shape index (κ1) is 20.5. The van der Waals surface area contributed by atoms with Gasteiger partial charge in [-0.25, -0.2) is 0 Å². The second kappa shape index (κ2) is 8.34. The zero-order chi connectivity index (χ0) is 23.1. The van der Waals surface area contributed by atoms with E-state index in [1.807, 2.05) is 18.2 Å². The monoisotopic (exact) mass is 439 g/mol. The maximum atomic E-state index is 9.31.